The van der Waals surface area contributed by atoms with Gasteiger partial charge in [0.1, 0.15) is 5.69 Å². The predicted octanol–water partition coefficient (Wildman–Crippen LogP) is 1.52. The summed E-state index contributed by atoms with van der Waals surface area (Å²) in [6.07, 6.45) is 0. The van der Waals surface area contributed by atoms with E-state index in [0.29, 0.717) is 17.5 Å². The molecule has 5 heteroatoms. The van der Waals surface area contributed by atoms with E-state index in [1.165, 1.54) is 11.1 Å². The van der Waals surface area contributed by atoms with Crippen molar-refractivity contribution in [2.75, 3.05) is 13.1 Å². The number of rotatable bonds is 2. The summed E-state index contributed by atoms with van der Waals surface area (Å²) in [6, 6.07) is 10.4. The minimum Gasteiger partial charge on any atom is -0.343 e. The van der Waals surface area contributed by atoms with Gasteiger partial charge in [0.2, 0.25) is 0 Å². The third-order valence-electron chi connectivity index (χ3n) is 5.05. The van der Waals surface area contributed by atoms with E-state index in [9.17, 15) is 4.79 Å². The zero-order valence-electron chi connectivity index (χ0n) is 12.8. The maximum Gasteiger partial charge on any atom is 0.272 e. The molecule has 0 radical (unpaired) electrons. The molecule has 0 spiro atoms. The number of hydrogen-bond acceptors (Lipinski definition) is 3. The number of nitrogens with zero attached hydrogens (tertiary/aromatic N) is 2. The second kappa shape index (κ2) is 4.95. The Balaban J connectivity index is 1.63. The fourth-order valence-corrected chi connectivity index (χ4v) is 3.82. The molecule has 2 aromatic rings. The monoisotopic (exact) mass is 296 g/mol. The van der Waals surface area contributed by atoms with Gasteiger partial charge in [0.25, 0.3) is 5.91 Å². The maximum absolute atomic E-state index is 12.6. The van der Waals surface area contributed by atoms with E-state index >= 15 is 0 Å². The zero-order chi connectivity index (χ0) is 15.3. The van der Waals surface area contributed by atoms with Crippen molar-refractivity contribution in [3.05, 3.63) is 52.8 Å². The van der Waals surface area contributed by atoms with Crippen LogP contribution in [0.5, 0.6) is 0 Å². The molecule has 22 heavy (non-hydrogen) atoms. The summed E-state index contributed by atoms with van der Waals surface area (Å²) in [5, 5.41) is 10.9. The molecule has 5 nitrogen and oxygen atoms in total. The molecular formula is C17H20N4O. The molecule has 1 aromatic heterocycles. The minimum atomic E-state index is -0.0870. The van der Waals surface area contributed by atoms with Crippen LogP contribution in [0.25, 0.3) is 0 Å². The van der Waals surface area contributed by atoms with E-state index in [0.717, 1.165) is 18.8 Å². The molecule has 0 unspecified atom stereocenters. The lowest BCUT2D eigenvalue weighted by Gasteiger charge is -2.20. The van der Waals surface area contributed by atoms with Crippen LogP contribution in [0.4, 0.5) is 0 Å². The normalized spacial score (nSPS) is 25.8. The Bertz CT molecular complexity index is 717. The highest BCUT2D eigenvalue weighted by atomic mass is 16.2. The van der Waals surface area contributed by atoms with Crippen LogP contribution in [0.3, 0.4) is 0 Å². The van der Waals surface area contributed by atoms with Crippen LogP contribution in [0.2, 0.25) is 0 Å². The first-order valence-corrected chi connectivity index (χ1v) is 7.76. The Labute approximate surface area is 129 Å². The zero-order valence-corrected chi connectivity index (χ0v) is 12.8. The van der Waals surface area contributed by atoms with Crippen molar-refractivity contribution in [3.8, 4) is 0 Å². The Kier molecular flexibility index (Phi) is 3.04. The van der Waals surface area contributed by atoms with E-state index in [1.807, 2.05) is 20.0 Å². The number of hydrogen-bond donors (Lipinski definition) is 2. The molecule has 0 bridgehead atoms. The highest BCUT2D eigenvalue weighted by molar-refractivity contribution is 5.92. The van der Waals surface area contributed by atoms with Crippen molar-refractivity contribution >= 4 is 5.91 Å². The first-order chi connectivity index (χ1) is 10.6. The van der Waals surface area contributed by atoms with Gasteiger partial charge in [-0.2, -0.15) is 5.10 Å². The van der Waals surface area contributed by atoms with Gasteiger partial charge in [-0.3, -0.25) is 9.48 Å². The molecular weight excluding hydrogens is 276 g/mol. The summed E-state index contributed by atoms with van der Waals surface area (Å²) in [6.45, 7) is 3.90. The van der Waals surface area contributed by atoms with Crippen LogP contribution in [-0.2, 0) is 7.05 Å². The topological polar surface area (TPSA) is 59.0 Å². The lowest BCUT2D eigenvalue weighted by atomic mass is 9.94. The molecule has 2 N–H and O–H groups in total. The summed E-state index contributed by atoms with van der Waals surface area (Å²) in [4.78, 5) is 12.6. The minimum absolute atomic E-state index is 0.0750. The van der Waals surface area contributed by atoms with Gasteiger partial charge in [0, 0.05) is 37.7 Å². The molecule has 114 valence electrons. The van der Waals surface area contributed by atoms with Crippen molar-refractivity contribution in [3.63, 3.8) is 0 Å². The first-order valence-electron chi connectivity index (χ1n) is 7.76. The van der Waals surface area contributed by atoms with Crippen LogP contribution < -0.4 is 10.6 Å². The number of aryl methyl sites for hydroxylation is 2. The molecule has 1 saturated heterocycles. The average Bonchev–Trinajstić information content (AvgIpc) is 3.18. The fourth-order valence-electron chi connectivity index (χ4n) is 3.82. The Hall–Kier alpha value is -2.14. The Morgan fingerprint density at radius 2 is 2.09 bits per heavy atom. The van der Waals surface area contributed by atoms with Crippen molar-refractivity contribution < 1.29 is 4.79 Å². The molecule has 1 aromatic carbocycles. The molecule has 1 aliphatic carbocycles. The molecule has 2 heterocycles. The van der Waals surface area contributed by atoms with Gasteiger partial charge >= 0.3 is 0 Å². The van der Waals surface area contributed by atoms with Gasteiger partial charge < -0.3 is 10.6 Å². The lowest BCUT2D eigenvalue weighted by Crippen LogP contribution is -2.33. The fraction of sp³-hybridized carbons (Fsp3) is 0.412. The van der Waals surface area contributed by atoms with Gasteiger partial charge in [0.15, 0.2) is 0 Å². The molecule has 1 amide bonds. The van der Waals surface area contributed by atoms with Crippen molar-refractivity contribution in [2.45, 2.75) is 18.9 Å². The van der Waals surface area contributed by atoms with Crippen LogP contribution in [0.1, 0.15) is 39.3 Å². The van der Waals surface area contributed by atoms with Crippen LogP contribution >= 0.6 is 0 Å². The van der Waals surface area contributed by atoms with Crippen molar-refractivity contribution in [1.29, 1.82) is 0 Å². The Morgan fingerprint density at radius 3 is 2.82 bits per heavy atom. The van der Waals surface area contributed by atoms with E-state index in [4.69, 9.17) is 0 Å². The quantitative estimate of drug-likeness (QED) is 0.883. The highest BCUT2D eigenvalue weighted by Gasteiger charge is 2.43. The number of carbonyl (C=O) groups is 1. The Morgan fingerprint density at radius 1 is 1.32 bits per heavy atom. The van der Waals surface area contributed by atoms with Gasteiger partial charge in [-0.05, 0) is 24.1 Å². The van der Waals surface area contributed by atoms with E-state index in [2.05, 4.69) is 40.0 Å². The lowest BCUT2D eigenvalue weighted by molar-refractivity contribution is 0.0920. The molecule has 3 atom stereocenters. The molecule has 1 fully saturated rings. The summed E-state index contributed by atoms with van der Waals surface area (Å²) in [7, 11) is 1.86. The third-order valence-corrected chi connectivity index (χ3v) is 5.05. The molecule has 4 rings (SSSR count). The summed E-state index contributed by atoms with van der Waals surface area (Å²) < 4.78 is 1.73. The van der Waals surface area contributed by atoms with Gasteiger partial charge in [-0.1, -0.05) is 24.3 Å². The van der Waals surface area contributed by atoms with Crippen molar-refractivity contribution in [2.24, 2.45) is 13.0 Å². The maximum atomic E-state index is 12.6. The average molecular weight is 296 g/mol. The summed E-state index contributed by atoms with van der Waals surface area (Å²) in [5.41, 5.74) is 4.12. The van der Waals surface area contributed by atoms with E-state index < -0.39 is 0 Å². The number of benzene rings is 1. The number of amides is 1. The number of fused-ring (bicyclic) bond motifs is 3. The molecule has 1 aliphatic heterocycles. The van der Waals surface area contributed by atoms with Crippen molar-refractivity contribution in [1.82, 2.24) is 20.4 Å². The van der Waals surface area contributed by atoms with Crippen LogP contribution in [-0.4, -0.2) is 28.8 Å². The van der Waals surface area contributed by atoms with Gasteiger partial charge in [-0.25, -0.2) is 0 Å². The van der Waals surface area contributed by atoms with E-state index in [-0.39, 0.29) is 11.9 Å². The smallest absolute Gasteiger partial charge is 0.272 e. The number of nitrogens with one attached hydrogen (secondary N) is 2. The summed E-state index contributed by atoms with van der Waals surface area (Å²) >= 11 is 0. The van der Waals surface area contributed by atoms with Crippen LogP contribution in [0, 0.1) is 12.8 Å². The van der Waals surface area contributed by atoms with E-state index in [1.54, 1.807) is 4.68 Å². The molecule has 2 aliphatic rings. The number of aromatic nitrogens is 2. The second-order valence-electron chi connectivity index (χ2n) is 6.30. The third kappa shape index (κ3) is 1.96. The largest absolute Gasteiger partial charge is 0.343 e. The predicted molar refractivity (Wildman–Crippen MR) is 83.7 cm³/mol. The summed E-state index contributed by atoms with van der Waals surface area (Å²) in [5.74, 6) is 0.856. The highest BCUT2D eigenvalue weighted by Crippen LogP contribution is 2.46. The first kappa shape index (κ1) is 13.5. The number of carbonyl (C=O) groups excluding carboxylic acids is 1. The van der Waals surface area contributed by atoms with Gasteiger partial charge in [-0.15, -0.1) is 0 Å². The molecule has 0 saturated carbocycles. The standard InChI is InChI=1S/C17H20N4O/c1-10-7-15(20-21(10)2)17(22)19-16-12-6-4-3-5-11(12)13-8-18-9-14(13)16/h3-7,13-14,16,18H,8-9H2,1-2H3,(H,19,22)/t13-,14-,16-/m0/s1. The SMILES string of the molecule is Cc1cc(C(=O)N[C@H]2c3ccccc3[C@@H]3CNC[C@@H]32)nn1C. The van der Waals surface area contributed by atoms with Gasteiger partial charge in [0.05, 0.1) is 6.04 Å². The van der Waals surface area contributed by atoms with Crippen LogP contribution in [0.15, 0.2) is 30.3 Å². The second-order valence-corrected chi connectivity index (χ2v) is 6.30.